The molecule has 5 heteroatoms. The van der Waals surface area contributed by atoms with Crippen LogP contribution in [0, 0.1) is 0 Å². The zero-order valence-corrected chi connectivity index (χ0v) is 11.4. The number of carbonyl (C=O) groups is 1. The molecule has 0 aromatic heterocycles. The van der Waals surface area contributed by atoms with Gasteiger partial charge in [0.2, 0.25) is 0 Å². The molecule has 1 aromatic rings. The maximum Gasteiger partial charge on any atom is 0.494 e. The maximum atomic E-state index is 11.4. The molecule has 2 aliphatic heterocycles. The second-order valence-electron chi connectivity index (χ2n) is 5.70. The van der Waals surface area contributed by atoms with E-state index in [1.54, 1.807) is 0 Å². The monoisotopic (exact) mass is 260 g/mol. The zero-order chi connectivity index (χ0) is 13.6. The van der Waals surface area contributed by atoms with Crippen LogP contribution in [0.25, 0.3) is 0 Å². The minimum Gasteiger partial charge on any atom is -0.486 e. The summed E-state index contributed by atoms with van der Waals surface area (Å²) in [6.45, 7) is 6.21. The number of carbonyl (C=O) groups excluding carboxylic acids is 1. The van der Waals surface area contributed by atoms with Crippen LogP contribution in [-0.4, -0.2) is 31.2 Å². The van der Waals surface area contributed by atoms with E-state index in [1.807, 2.05) is 39.0 Å². The van der Waals surface area contributed by atoms with Crippen LogP contribution >= 0.6 is 0 Å². The first kappa shape index (κ1) is 12.7. The fourth-order valence-electron chi connectivity index (χ4n) is 2.34. The highest BCUT2D eigenvalue weighted by Crippen LogP contribution is 2.28. The molecular weight excluding hydrogens is 243 g/mol. The van der Waals surface area contributed by atoms with Crippen molar-refractivity contribution in [3.8, 4) is 5.75 Å². The Morgan fingerprint density at radius 3 is 2.84 bits per heavy atom. The Hall–Kier alpha value is -1.33. The first-order valence-electron chi connectivity index (χ1n) is 6.56. The molecule has 2 heterocycles. The summed E-state index contributed by atoms with van der Waals surface area (Å²) in [6.07, 6.45) is 0.459. The Balaban J connectivity index is 1.87. The Labute approximate surface area is 113 Å². The summed E-state index contributed by atoms with van der Waals surface area (Å²) >= 11 is 0. The summed E-state index contributed by atoms with van der Waals surface area (Å²) in [7, 11) is -0.368. The van der Waals surface area contributed by atoms with Gasteiger partial charge in [0.05, 0.1) is 11.7 Å². The predicted molar refractivity (Wildman–Crippen MR) is 71.7 cm³/mol. The highest BCUT2D eigenvalue weighted by atomic mass is 16.7. The van der Waals surface area contributed by atoms with Crippen LogP contribution < -0.4 is 10.2 Å². The van der Waals surface area contributed by atoms with E-state index in [-0.39, 0.29) is 31.2 Å². The molecular formula is C14H17BO4. The van der Waals surface area contributed by atoms with Gasteiger partial charge in [-0.05, 0) is 32.3 Å². The summed E-state index contributed by atoms with van der Waals surface area (Å²) < 4.78 is 17.1. The number of fused-ring (bicyclic) bond motifs is 1. The van der Waals surface area contributed by atoms with Crippen LogP contribution in [0.2, 0.25) is 0 Å². The van der Waals surface area contributed by atoms with Gasteiger partial charge in [-0.25, -0.2) is 0 Å². The molecule has 3 rings (SSSR count). The molecule has 2 aliphatic rings. The summed E-state index contributed by atoms with van der Waals surface area (Å²) in [5, 5.41) is 0. The molecule has 0 spiro atoms. The third kappa shape index (κ3) is 2.28. The third-order valence-corrected chi connectivity index (χ3v) is 3.85. The number of ether oxygens (including phenoxy) is 1. The van der Waals surface area contributed by atoms with Crippen molar-refractivity contribution in [2.75, 3.05) is 6.61 Å². The third-order valence-electron chi connectivity index (χ3n) is 3.85. The molecule has 0 radical (unpaired) electrons. The first-order valence-corrected chi connectivity index (χ1v) is 6.56. The summed E-state index contributed by atoms with van der Waals surface area (Å²) in [5.41, 5.74) is 1.56. The van der Waals surface area contributed by atoms with Crippen molar-refractivity contribution in [2.24, 2.45) is 0 Å². The lowest BCUT2D eigenvalue weighted by atomic mass is 9.78. The van der Waals surface area contributed by atoms with Crippen molar-refractivity contribution < 1.29 is 18.8 Å². The van der Waals surface area contributed by atoms with Crippen LogP contribution in [0.5, 0.6) is 5.75 Å². The summed E-state index contributed by atoms with van der Waals surface area (Å²) in [4.78, 5) is 11.4. The highest BCUT2D eigenvalue weighted by molar-refractivity contribution is 6.62. The highest BCUT2D eigenvalue weighted by Gasteiger charge is 2.44. The van der Waals surface area contributed by atoms with Gasteiger partial charge in [-0.3, -0.25) is 4.79 Å². The quantitative estimate of drug-likeness (QED) is 0.709. The van der Waals surface area contributed by atoms with Gasteiger partial charge < -0.3 is 14.0 Å². The Morgan fingerprint density at radius 1 is 1.37 bits per heavy atom. The lowest BCUT2D eigenvalue weighted by molar-refractivity contribution is -0.121. The van der Waals surface area contributed by atoms with E-state index in [0.717, 1.165) is 16.8 Å². The Kier molecular flexibility index (Phi) is 2.91. The van der Waals surface area contributed by atoms with Gasteiger partial charge in [0.25, 0.3) is 0 Å². The van der Waals surface area contributed by atoms with Crippen LogP contribution in [0.15, 0.2) is 18.2 Å². The van der Waals surface area contributed by atoms with Crippen molar-refractivity contribution >= 4 is 18.4 Å². The molecule has 1 unspecified atom stereocenters. The first-order chi connectivity index (χ1) is 8.95. The second kappa shape index (κ2) is 4.35. The van der Waals surface area contributed by atoms with Gasteiger partial charge in [0.1, 0.15) is 12.4 Å². The number of benzene rings is 1. The molecule has 100 valence electrons. The molecule has 1 saturated heterocycles. The molecule has 1 aromatic carbocycles. The number of rotatable bonds is 1. The van der Waals surface area contributed by atoms with E-state index in [1.165, 1.54) is 0 Å². The lowest BCUT2D eigenvalue weighted by Gasteiger charge is -2.21. The van der Waals surface area contributed by atoms with E-state index in [0.29, 0.717) is 6.42 Å². The van der Waals surface area contributed by atoms with Crippen LogP contribution in [0.1, 0.15) is 26.3 Å². The largest absolute Gasteiger partial charge is 0.494 e. The van der Waals surface area contributed by atoms with Gasteiger partial charge in [-0.2, -0.15) is 0 Å². The average Bonchev–Trinajstić information content (AvgIpc) is 2.63. The number of hydrogen-bond donors (Lipinski definition) is 0. The van der Waals surface area contributed by atoms with E-state index in [9.17, 15) is 4.79 Å². The Bertz CT molecular complexity index is 526. The van der Waals surface area contributed by atoms with E-state index in [4.69, 9.17) is 14.0 Å². The topological polar surface area (TPSA) is 44.8 Å². The van der Waals surface area contributed by atoms with Gasteiger partial charge in [0.15, 0.2) is 5.78 Å². The minimum atomic E-state index is -0.368. The maximum absolute atomic E-state index is 11.4. The second-order valence-corrected chi connectivity index (χ2v) is 5.70. The van der Waals surface area contributed by atoms with E-state index < -0.39 is 0 Å². The van der Waals surface area contributed by atoms with Crippen molar-refractivity contribution in [1.29, 1.82) is 0 Å². The smallest absolute Gasteiger partial charge is 0.486 e. The van der Waals surface area contributed by atoms with E-state index in [2.05, 4.69) is 0 Å². The average molecular weight is 260 g/mol. The predicted octanol–water partition coefficient (Wildman–Crippen LogP) is 1.10. The zero-order valence-electron chi connectivity index (χ0n) is 11.4. The molecule has 4 nitrogen and oxygen atoms in total. The molecule has 0 N–H and O–H groups in total. The number of ketones is 1. The molecule has 0 bridgehead atoms. The number of Topliss-reactive ketones (excluding diaryl/α,β-unsaturated/α-hetero) is 1. The molecule has 0 aliphatic carbocycles. The van der Waals surface area contributed by atoms with Crippen LogP contribution in [0.3, 0.4) is 0 Å². The fraction of sp³-hybridized carbons (Fsp3) is 0.500. The molecule has 1 atom stereocenters. The van der Waals surface area contributed by atoms with E-state index >= 15 is 0 Å². The lowest BCUT2D eigenvalue weighted by Crippen LogP contribution is -2.35. The van der Waals surface area contributed by atoms with Gasteiger partial charge in [0, 0.05) is 12.0 Å². The fourth-order valence-corrected chi connectivity index (χ4v) is 2.34. The Morgan fingerprint density at radius 2 is 2.16 bits per heavy atom. The van der Waals surface area contributed by atoms with Gasteiger partial charge in [-0.1, -0.05) is 12.1 Å². The molecule has 19 heavy (non-hydrogen) atoms. The summed E-state index contributed by atoms with van der Waals surface area (Å²) in [5.74, 6) is 0.889. The van der Waals surface area contributed by atoms with Crippen molar-refractivity contribution in [1.82, 2.24) is 0 Å². The summed E-state index contributed by atoms with van der Waals surface area (Å²) in [6, 6.07) is 5.78. The molecule has 0 amide bonds. The van der Waals surface area contributed by atoms with Crippen molar-refractivity contribution in [3.05, 3.63) is 23.8 Å². The standard InChI is InChI=1S/C14H17BO4/c1-9-14(2,3)19-15(18-9)11-4-5-13-10(6-11)7-12(16)8-17-13/h4-6,9H,7-8H2,1-3H3. The molecule has 0 saturated carbocycles. The minimum absolute atomic E-state index is 0.0337. The van der Waals surface area contributed by atoms with Crippen molar-refractivity contribution in [2.45, 2.75) is 38.9 Å². The normalized spacial score (nSPS) is 25.1. The number of hydrogen-bond acceptors (Lipinski definition) is 4. The van der Waals surface area contributed by atoms with Crippen LogP contribution in [-0.2, 0) is 20.5 Å². The van der Waals surface area contributed by atoms with Gasteiger partial charge in [-0.15, -0.1) is 0 Å². The SMILES string of the molecule is CC1OB(c2ccc3c(c2)CC(=O)CO3)OC1(C)C. The van der Waals surface area contributed by atoms with Gasteiger partial charge >= 0.3 is 7.12 Å². The van der Waals surface area contributed by atoms with Crippen LogP contribution in [0.4, 0.5) is 0 Å². The van der Waals surface area contributed by atoms with Crippen molar-refractivity contribution in [3.63, 3.8) is 0 Å². The molecule has 1 fully saturated rings.